The molecule has 0 bridgehead atoms. The standard InChI is InChI=1S/C36H35IN2O2/c1-3-19-41-36-33(37)20-25(21-34(36)40-4-2)24-38-28-22-31-29(26-11-7-5-8-12-26)15-17-39-18-16-30(32(23-28)35(31)39)27-13-9-6-10-14-27/h3,5-14,20-24,29-30H,1,4,15-19H2,2H3/t29-,30-/m0/s1. The van der Waals surface area contributed by atoms with Gasteiger partial charge in [-0.2, -0.15) is 0 Å². The average Bonchev–Trinajstić information content (AvgIpc) is 3.01. The van der Waals surface area contributed by atoms with Crippen molar-refractivity contribution in [2.24, 2.45) is 4.99 Å². The molecule has 4 aromatic rings. The van der Waals surface area contributed by atoms with Crippen LogP contribution >= 0.6 is 22.6 Å². The van der Waals surface area contributed by atoms with Crippen molar-refractivity contribution in [3.63, 3.8) is 0 Å². The third-order valence-corrected chi connectivity index (χ3v) is 8.84. The van der Waals surface area contributed by atoms with Crippen LogP contribution in [0, 0.1) is 3.57 Å². The van der Waals surface area contributed by atoms with Crippen LogP contribution < -0.4 is 14.4 Å². The normalized spacial score (nSPS) is 17.8. The van der Waals surface area contributed by atoms with Gasteiger partial charge in [-0.05, 0) is 94.4 Å². The molecule has 0 saturated carbocycles. The van der Waals surface area contributed by atoms with Crippen molar-refractivity contribution < 1.29 is 9.47 Å². The Morgan fingerprint density at radius 1 is 0.878 bits per heavy atom. The van der Waals surface area contributed by atoms with Gasteiger partial charge in [0.15, 0.2) is 11.5 Å². The lowest BCUT2D eigenvalue weighted by atomic mass is 9.76. The van der Waals surface area contributed by atoms with Crippen molar-refractivity contribution in [1.82, 2.24) is 0 Å². The van der Waals surface area contributed by atoms with Gasteiger partial charge in [0.25, 0.3) is 0 Å². The highest BCUT2D eigenvalue weighted by atomic mass is 127. The first-order valence-corrected chi connectivity index (χ1v) is 15.5. The molecule has 0 radical (unpaired) electrons. The van der Waals surface area contributed by atoms with Crippen LogP contribution in [0.1, 0.15) is 59.4 Å². The molecule has 0 N–H and O–H groups in total. The van der Waals surface area contributed by atoms with E-state index in [1.54, 1.807) is 6.08 Å². The van der Waals surface area contributed by atoms with E-state index < -0.39 is 0 Å². The Morgan fingerprint density at radius 2 is 1.49 bits per heavy atom. The van der Waals surface area contributed by atoms with Crippen LogP contribution in [0.15, 0.2) is 103 Å². The number of nitrogens with zero attached hydrogens (tertiary/aromatic N) is 2. The molecule has 2 aliphatic heterocycles. The molecule has 2 aliphatic rings. The van der Waals surface area contributed by atoms with E-state index in [1.807, 2.05) is 19.2 Å². The summed E-state index contributed by atoms with van der Waals surface area (Å²) in [6.45, 7) is 8.93. The maximum atomic E-state index is 5.93. The summed E-state index contributed by atoms with van der Waals surface area (Å²) in [5.41, 5.74) is 8.93. The molecule has 0 aliphatic carbocycles. The van der Waals surface area contributed by atoms with E-state index in [4.69, 9.17) is 14.5 Å². The second-order valence-electron chi connectivity index (χ2n) is 10.6. The smallest absolute Gasteiger partial charge is 0.174 e. The highest BCUT2D eigenvalue weighted by Gasteiger charge is 2.35. The molecule has 5 heteroatoms. The summed E-state index contributed by atoms with van der Waals surface area (Å²) in [4.78, 5) is 7.68. The molecule has 0 fully saturated rings. The molecule has 41 heavy (non-hydrogen) atoms. The number of halogens is 1. The molecule has 0 spiro atoms. The third kappa shape index (κ3) is 5.78. The van der Waals surface area contributed by atoms with Gasteiger partial charge in [0.05, 0.1) is 15.9 Å². The maximum absolute atomic E-state index is 5.93. The van der Waals surface area contributed by atoms with Crippen molar-refractivity contribution in [3.8, 4) is 11.5 Å². The van der Waals surface area contributed by atoms with E-state index in [-0.39, 0.29) is 0 Å². The van der Waals surface area contributed by atoms with Crippen molar-refractivity contribution in [3.05, 3.63) is 129 Å². The Morgan fingerprint density at radius 3 is 2.05 bits per heavy atom. The molecule has 208 valence electrons. The second-order valence-corrected chi connectivity index (χ2v) is 11.7. The monoisotopic (exact) mass is 654 g/mol. The maximum Gasteiger partial charge on any atom is 0.174 e. The largest absolute Gasteiger partial charge is 0.490 e. The predicted octanol–water partition coefficient (Wildman–Crippen LogP) is 8.88. The lowest BCUT2D eigenvalue weighted by molar-refractivity contribution is 0.295. The van der Waals surface area contributed by atoms with E-state index in [2.05, 4.69) is 113 Å². The zero-order valence-electron chi connectivity index (χ0n) is 23.4. The summed E-state index contributed by atoms with van der Waals surface area (Å²) in [5.74, 6) is 2.20. The molecule has 4 nitrogen and oxygen atoms in total. The molecule has 0 unspecified atom stereocenters. The fourth-order valence-electron chi connectivity index (χ4n) is 6.27. The minimum Gasteiger partial charge on any atom is -0.490 e. The summed E-state index contributed by atoms with van der Waals surface area (Å²) in [6, 6.07) is 30.7. The van der Waals surface area contributed by atoms with Gasteiger partial charge in [-0.15, -0.1) is 0 Å². The number of hydrogen-bond acceptors (Lipinski definition) is 4. The van der Waals surface area contributed by atoms with E-state index in [1.165, 1.54) is 27.9 Å². The zero-order valence-corrected chi connectivity index (χ0v) is 25.6. The fraction of sp³-hybridized carbons (Fsp3) is 0.250. The third-order valence-electron chi connectivity index (χ3n) is 8.04. The topological polar surface area (TPSA) is 34.1 Å². The van der Waals surface area contributed by atoms with Gasteiger partial charge in [0.2, 0.25) is 0 Å². The Hall–Kier alpha value is -3.58. The molecule has 6 rings (SSSR count). The first kappa shape index (κ1) is 27.6. The summed E-state index contributed by atoms with van der Waals surface area (Å²) >= 11 is 2.31. The van der Waals surface area contributed by atoms with Crippen molar-refractivity contribution in [2.75, 3.05) is 31.2 Å². The first-order valence-electron chi connectivity index (χ1n) is 14.4. The highest BCUT2D eigenvalue weighted by Crippen LogP contribution is 2.50. The van der Waals surface area contributed by atoms with Crippen molar-refractivity contribution >= 4 is 40.2 Å². The Labute approximate surface area is 256 Å². The van der Waals surface area contributed by atoms with Crippen molar-refractivity contribution in [2.45, 2.75) is 31.6 Å². The van der Waals surface area contributed by atoms with Crippen LogP contribution in [0.25, 0.3) is 0 Å². The lowest BCUT2D eigenvalue weighted by Gasteiger charge is -2.43. The predicted molar refractivity (Wildman–Crippen MR) is 178 cm³/mol. The summed E-state index contributed by atoms with van der Waals surface area (Å²) in [6.07, 6.45) is 5.93. The second kappa shape index (κ2) is 12.5. The fourth-order valence-corrected chi connectivity index (χ4v) is 7.05. The minimum atomic E-state index is 0.359. The summed E-state index contributed by atoms with van der Waals surface area (Å²) in [5, 5.41) is 0. The Balaban J connectivity index is 1.44. The van der Waals surface area contributed by atoms with Crippen LogP contribution in [-0.2, 0) is 0 Å². The minimum absolute atomic E-state index is 0.359. The Bertz CT molecular complexity index is 1480. The summed E-state index contributed by atoms with van der Waals surface area (Å²) < 4.78 is 12.8. The summed E-state index contributed by atoms with van der Waals surface area (Å²) in [7, 11) is 0. The van der Waals surface area contributed by atoms with Gasteiger partial charge < -0.3 is 14.4 Å². The molecule has 4 aromatic carbocycles. The first-order chi connectivity index (χ1) is 20.2. The van der Waals surface area contributed by atoms with Gasteiger partial charge in [-0.1, -0.05) is 73.3 Å². The highest BCUT2D eigenvalue weighted by molar-refractivity contribution is 14.1. The lowest BCUT2D eigenvalue weighted by Crippen LogP contribution is -2.37. The SMILES string of the molecule is C=CCOc1c(I)cc(C=Nc2cc3c4c(c2)[C@H](c2ccccc2)CCN4CC[C@H]3c2ccccc2)cc1OCC. The molecule has 0 saturated heterocycles. The van der Waals surface area contributed by atoms with Crippen LogP contribution in [0.2, 0.25) is 0 Å². The van der Waals surface area contributed by atoms with Crippen LogP contribution in [0.5, 0.6) is 11.5 Å². The number of anilines is 1. The van der Waals surface area contributed by atoms with E-state index in [0.29, 0.717) is 25.0 Å². The quantitative estimate of drug-likeness (QED) is 0.103. The molecular weight excluding hydrogens is 619 g/mol. The van der Waals surface area contributed by atoms with Gasteiger partial charge in [0, 0.05) is 36.8 Å². The zero-order chi connectivity index (χ0) is 28.2. The van der Waals surface area contributed by atoms with Crippen LogP contribution in [-0.4, -0.2) is 32.5 Å². The van der Waals surface area contributed by atoms with Crippen LogP contribution in [0.3, 0.4) is 0 Å². The molecule has 0 amide bonds. The van der Waals surface area contributed by atoms with Gasteiger partial charge in [-0.25, -0.2) is 0 Å². The number of rotatable bonds is 9. The number of ether oxygens (including phenoxy) is 2. The van der Waals surface area contributed by atoms with E-state index >= 15 is 0 Å². The number of hydrogen-bond donors (Lipinski definition) is 0. The van der Waals surface area contributed by atoms with Gasteiger partial charge >= 0.3 is 0 Å². The van der Waals surface area contributed by atoms with Gasteiger partial charge in [-0.3, -0.25) is 4.99 Å². The van der Waals surface area contributed by atoms with E-state index in [0.717, 1.165) is 52.3 Å². The molecular formula is C36H35IN2O2. The van der Waals surface area contributed by atoms with E-state index in [9.17, 15) is 0 Å². The molecule has 2 heterocycles. The van der Waals surface area contributed by atoms with Crippen LogP contribution in [0.4, 0.5) is 11.4 Å². The molecule has 0 aromatic heterocycles. The Kier molecular flexibility index (Phi) is 8.42. The van der Waals surface area contributed by atoms with Crippen molar-refractivity contribution in [1.29, 1.82) is 0 Å². The average molecular weight is 655 g/mol. The van der Waals surface area contributed by atoms with Gasteiger partial charge in [0.1, 0.15) is 6.61 Å². The number of benzene rings is 4. The number of aliphatic imine (C=N–C) groups is 1. The molecule has 2 atom stereocenters.